The number of amides is 1. The first-order chi connectivity index (χ1) is 15.0. The normalized spacial score (nSPS) is 11.9. The van der Waals surface area contributed by atoms with Crippen molar-refractivity contribution in [1.29, 1.82) is 0 Å². The molecule has 0 saturated heterocycles. The molecule has 0 aliphatic rings. The topological polar surface area (TPSA) is 138 Å². The third kappa shape index (κ3) is 15.2. The fourth-order valence-corrected chi connectivity index (χ4v) is 3.50. The van der Waals surface area contributed by atoms with E-state index in [1.807, 2.05) is 0 Å². The SMILES string of the molecule is CC(=O)CC[C@H](NC(=O)CCCCCCCCCCCCCCc1nnn[nH]1)C(=O)O. The average molecular weight is 438 g/mol. The number of nitrogens with zero attached hydrogens (tertiary/aromatic N) is 3. The Morgan fingerprint density at radius 2 is 1.42 bits per heavy atom. The summed E-state index contributed by atoms with van der Waals surface area (Å²) >= 11 is 0. The first kappa shape index (κ1) is 26.7. The maximum Gasteiger partial charge on any atom is 0.326 e. The largest absolute Gasteiger partial charge is 0.480 e. The summed E-state index contributed by atoms with van der Waals surface area (Å²) in [5.74, 6) is -0.528. The highest BCUT2D eigenvalue weighted by Gasteiger charge is 2.19. The summed E-state index contributed by atoms with van der Waals surface area (Å²) in [5, 5.41) is 25.4. The number of aromatic amines is 1. The zero-order valence-electron chi connectivity index (χ0n) is 18.9. The first-order valence-electron chi connectivity index (χ1n) is 11.7. The summed E-state index contributed by atoms with van der Waals surface area (Å²) in [6.07, 6.45) is 15.6. The van der Waals surface area contributed by atoms with Crippen molar-refractivity contribution in [3.05, 3.63) is 5.82 Å². The number of nitrogens with one attached hydrogen (secondary N) is 2. The molecule has 9 nitrogen and oxygen atoms in total. The van der Waals surface area contributed by atoms with Crippen LogP contribution < -0.4 is 5.32 Å². The van der Waals surface area contributed by atoms with Crippen LogP contribution in [0.5, 0.6) is 0 Å². The Morgan fingerprint density at radius 3 is 1.90 bits per heavy atom. The quantitative estimate of drug-likeness (QED) is 0.264. The van der Waals surface area contributed by atoms with E-state index < -0.39 is 12.0 Å². The second-order valence-corrected chi connectivity index (χ2v) is 8.29. The number of hydrogen-bond donors (Lipinski definition) is 3. The molecule has 0 radical (unpaired) electrons. The van der Waals surface area contributed by atoms with E-state index in [-0.39, 0.29) is 24.5 Å². The number of tetrazole rings is 1. The molecule has 0 bridgehead atoms. The van der Waals surface area contributed by atoms with E-state index in [1.54, 1.807) is 0 Å². The molecule has 1 amide bonds. The Hall–Kier alpha value is -2.32. The van der Waals surface area contributed by atoms with E-state index in [4.69, 9.17) is 5.11 Å². The van der Waals surface area contributed by atoms with Gasteiger partial charge in [0, 0.05) is 19.3 Å². The number of aryl methyl sites for hydroxylation is 1. The Labute approximate surface area is 185 Å². The molecule has 9 heteroatoms. The van der Waals surface area contributed by atoms with Gasteiger partial charge in [-0.2, -0.15) is 0 Å². The van der Waals surface area contributed by atoms with Gasteiger partial charge in [-0.15, -0.1) is 5.10 Å². The summed E-state index contributed by atoms with van der Waals surface area (Å²) in [5.41, 5.74) is 0. The highest BCUT2D eigenvalue weighted by atomic mass is 16.4. The Bertz CT molecular complexity index is 621. The predicted molar refractivity (Wildman–Crippen MR) is 117 cm³/mol. The smallest absolute Gasteiger partial charge is 0.326 e. The number of aromatic nitrogens is 4. The lowest BCUT2D eigenvalue weighted by Crippen LogP contribution is -2.40. The van der Waals surface area contributed by atoms with Gasteiger partial charge in [0.2, 0.25) is 5.91 Å². The summed E-state index contributed by atoms with van der Waals surface area (Å²) in [4.78, 5) is 34.0. The van der Waals surface area contributed by atoms with Crippen molar-refractivity contribution in [2.24, 2.45) is 0 Å². The highest BCUT2D eigenvalue weighted by Crippen LogP contribution is 2.13. The number of Topliss-reactive ketones (excluding diaryl/α,β-unsaturated/α-hetero) is 1. The van der Waals surface area contributed by atoms with Gasteiger partial charge in [-0.3, -0.25) is 4.79 Å². The second-order valence-electron chi connectivity index (χ2n) is 8.29. The number of hydrogen-bond acceptors (Lipinski definition) is 6. The third-order valence-electron chi connectivity index (χ3n) is 5.38. The minimum atomic E-state index is -1.08. The maximum absolute atomic E-state index is 11.9. The van der Waals surface area contributed by atoms with Crippen molar-refractivity contribution >= 4 is 17.7 Å². The van der Waals surface area contributed by atoms with E-state index in [2.05, 4.69) is 25.9 Å². The lowest BCUT2D eigenvalue weighted by molar-refractivity contribution is -0.142. The number of carboxylic acid groups (broad SMARTS) is 1. The number of carbonyl (C=O) groups excluding carboxylic acids is 2. The Kier molecular flexibility index (Phi) is 15.0. The molecule has 0 spiro atoms. The predicted octanol–water partition coefficient (Wildman–Crippen LogP) is 3.75. The second kappa shape index (κ2) is 17.4. The molecule has 176 valence electrons. The number of carbonyl (C=O) groups is 3. The summed E-state index contributed by atoms with van der Waals surface area (Å²) in [7, 11) is 0. The van der Waals surface area contributed by atoms with Crippen LogP contribution in [0.2, 0.25) is 0 Å². The van der Waals surface area contributed by atoms with Gasteiger partial charge in [0.05, 0.1) is 0 Å². The number of carboxylic acids is 1. The maximum atomic E-state index is 11.9. The van der Waals surface area contributed by atoms with Crippen LogP contribution in [0.4, 0.5) is 0 Å². The van der Waals surface area contributed by atoms with Crippen LogP contribution in [-0.2, 0) is 20.8 Å². The van der Waals surface area contributed by atoms with Crippen molar-refractivity contribution in [1.82, 2.24) is 25.9 Å². The standard InChI is InChI=1S/C22H39N5O4/c1-18(28)16-17-19(22(30)31)23-21(29)15-13-11-9-7-5-3-2-4-6-8-10-12-14-20-24-26-27-25-20/h19H,2-17H2,1H3,(H,23,29)(H,30,31)(H,24,25,26,27)/t19-/m0/s1. The molecule has 0 fully saturated rings. The fraction of sp³-hybridized carbons (Fsp3) is 0.818. The van der Waals surface area contributed by atoms with E-state index in [0.29, 0.717) is 6.42 Å². The van der Waals surface area contributed by atoms with Gasteiger partial charge >= 0.3 is 5.97 Å². The van der Waals surface area contributed by atoms with Crippen LogP contribution in [-0.4, -0.2) is 49.4 Å². The van der Waals surface area contributed by atoms with Gasteiger partial charge in [0.1, 0.15) is 17.6 Å². The monoisotopic (exact) mass is 437 g/mol. The highest BCUT2D eigenvalue weighted by molar-refractivity contribution is 5.84. The Balaban J connectivity index is 1.86. The zero-order valence-corrected chi connectivity index (χ0v) is 18.9. The summed E-state index contributed by atoms with van der Waals surface area (Å²) in [6, 6.07) is -0.970. The number of ketones is 1. The molecule has 1 heterocycles. The average Bonchev–Trinajstić information content (AvgIpc) is 3.24. The fourth-order valence-electron chi connectivity index (χ4n) is 3.50. The van der Waals surface area contributed by atoms with Crippen molar-refractivity contribution in [2.75, 3.05) is 0 Å². The van der Waals surface area contributed by atoms with E-state index >= 15 is 0 Å². The lowest BCUT2D eigenvalue weighted by Gasteiger charge is -2.13. The van der Waals surface area contributed by atoms with Gasteiger partial charge in [0.15, 0.2) is 0 Å². The molecule has 3 N–H and O–H groups in total. The van der Waals surface area contributed by atoms with Crippen molar-refractivity contribution in [2.45, 2.75) is 116 Å². The lowest BCUT2D eigenvalue weighted by atomic mass is 10.0. The Morgan fingerprint density at radius 1 is 0.871 bits per heavy atom. The van der Waals surface area contributed by atoms with Crippen LogP contribution >= 0.6 is 0 Å². The molecular formula is C22H39N5O4. The molecular weight excluding hydrogens is 398 g/mol. The van der Waals surface area contributed by atoms with Gasteiger partial charge in [-0.1, -0.05) is 64.2 Å². The molecule has 1 rings (SSSR count). The molecule has 31 heavy (non-hydrogen) atoms. The van der Waals surface area contributed by atoms with E-state index in [0.717, 1.165) is 37.9 Å². The molecule has 0 unspecified atom stereocenters. The van der Waals surface area contributed by atoms with Crippen LogP contribution in [0, 0.1) is 0 Å². The minimum Gasteiger partial charge on any atom is -0.480 e. The number of aliphatic carboxylic acids is 1. The van der Waals surface area contributed by atoms with Gasteiger partial charge in [0.25, 0.3) is 0 Å². The third-order valence-corrected chi connectivity index (χ3v) is 5.38. The first-order valence-corrected chi connectivity index (χ1v) is 11.7. The minimum absolute atomic E-state index is 0.0717. The molecule has 1 atom stereocenters. The van der Waals surface area contributed by atoms with E-state index in [1.165, 1.54) is 58.3 Å². The molecule has 1 aromatic rings. The van der Waals surface area contributed by atoms with E-state index in [9.17, 15) is 14.4 Å². The number of unbranched alkanes of at least 4 members (excludes halogenated alkanes) is 11. The van der Waals surface area contributed by atoms with Crippen LogP contribution in [0.15, 0.2) is 0 Å². The summed E-state index contributed by atoms with van der Waals surface area (Å²) in [6.45, 7) is 1.42. The molecule has 0 saturated carbocycles. The van der Waals surface area contributed by atoms with Crippen molar-refractivity contribution < 1.29 is 19.5 Å². The van der Waals surface area contributed by atoms with Gasteiger partial charge in [-0.25, -0.2) is 9.89 Å². The summed E-state index contributed by atoms with van der Waals surface area (Å²) < 4.78 is 0. The van der Waals surface area contributed by atoms with Crippen molar-refractivity contribution in [3.8, 4) is 0 Å². The molecule has 0 aliphatic heterocycles. The molecule has 0 aromatic carbocycles. The van der Waals surface area contributed by atoms with Crippen LogP contribution in [0.3, 0.4) is 0 Å². The zero-order chi connectivity index (χ0) is 22.7. The van der Waals surface area contributed by atoms with Crippen LogP contribution in [0.1, 0.15) is 109 Å². The molecule has 0 aliphatic carbocycles. The number of H-pyrrole nitrogens is 1. The van der Waals surface area contributed by atoms with Crippen LogP contribution in [0.25, 0.3) is 0 Å². The van der Waals surface area contributed by atoms with Gasteiger partial charge < -0.3 is 15.2 Å². The molecule has 1 aromatic heterocycles. The van der Waals surface area contributed by atoms with Crippen molar-refractivity contribution in [3.63, 3.8) is 0 Å². The number of rotatable bonds is 20. The van der Waals surface area contributed by atoms with Gasteiger partial charge in [-0.05, 0) is 36.6 Å².